The molecule has 9 nitrogen and oxygen atoms in total. The van der Waals surface area contributed by atoms with Gasteiger partial charge in [0.05, 0.1) is 28.8 Å². The molecular weight excluding hydrogens is 623 g/mol. The third-order valence-electron chi connectivity index (χ3n) is 8.18. The number of imide groups is 1. The number of carbonyl (C=O) groups excluding carboxylic acids is 4. The van der Waals surface area contributed by atoms with Crippen molar-refractivity contribution in [3.05, 3.63) is 110 Å². The molecule has 2 aliphatic heterocycles. The number of thiazole rings is 1. The molecule has 0 unspecified atom stereocenters. The number of rotatable bonds is 7. The third kappa shape index (κ3) is 5.80. The van der Waals surface area contributed by atoms with Gasteiger partial charge < -0.3 is 10.1 Å². The van der Waals surface area contributed by atoms with Gasteiger partial charge in [-0.25, -0.2) is 9.69 Å². The van der Waals surface area contributed by atoms with Gasteiger partial charge in [0.15, 0.2) is 0 Å². The maximum Gasteiger partial charge on any atom is 0.338 e. The molecule has 2 aliphatic rings. The normalized spacial score (nSPS) is 19.0. The Morgan fingerprint density at radius 1 is 0.891 bits per heavy atom. The number of aromatic nitrogens is 1. The van der Waals surface area contributed by atoms with Crippen LogP contribution in [0.3, 0.4) is 0 Å². The number of hydrogen-bond donors (Lipinski definition) is 1. The summed E-state index contributed by atoms with van der Waals surface area (Å²) >= 11 is 2.17. The van der Waals surface area contributed by atoms with Gasteiger partial charge in [-0.05, 0) is 59.9 Å². The van der Waals surface area contributed by atoms with Crippen molar-refractivity contribution in [3.8, 4) is 0 Å². The number of benzene rings is 3. The second-order valence-electron chi connectivity index (χ2n) is 12.2. The van der Waals surface area contributed by atoms with E-state index in [0.29, 0.717) is 26.8 Å². The third-order valence-corrected chi connectivity index (χ3v) is 10.8. The summed E-state index contributed by atoms with van der Waals surface area (Å²) < 4.78 is 6.48. The van der Waals surface area contributed by atoms with Gasteiger partial charge in [-0.1, -0.05) is 86.3 Å². The number of esters is 1. The average Bonchev–Trinajstić information content (AvgIpc) is 3.47. The van der Waals surface area contributed by atoms with E-state index in [0.717, 1.165) is 34.2 Å². The number of anilines is 2. The zero-order valence-corrected chi connectivity index (χ0v) is 27.4. The molecule has 1 saturated heterocycles. The molecule has 3 amide bonds. The van der Waals surface area contributed by atoms with E-state index in [1.165, 1.54) is 21.6 Å². The standard InChI is InChI=1S/C35H33N3O6S2/c1-5-44-33(42)21-13-17-24(18-14-21)38-30(40)27-26(20-11-15-22(16-12-20)35(2,3)4)29-32(45-28(27)31(38)41)37(34(43)46-29)19-25(39)36-23-9-7-6-8-10-23/h6-18,26-28H,5,19H2,1-4H3,(H,36,39)/t26-,27-,28+/m0/s1. The first-order valence-electron chi connectivity index (χ1n) is 15.0. The quantitative estimate of drug-likeness (QED) is 0.197. The summed E-state index contributed by atoms with van der Waals surface area (Å²) in [5.41, 5.74) is 3.10. The fourth-order valence-corrected chi connectivity index (χ4v) is 8.66. The highest BCUT2D eigenvalue weighted by atomic mass is 32.2. The van der Waals surface area contributed by atoms with Crippen molar-refractivity contribution in [2.75, 3.05) is 16.8 Å². The summed E-state index contributed by atoms with van der Waals surface area (Å²) in [6.07, 6.45) is 0. The van der Waals surface area contributed by atoms with E-state index < -0.39 is 29.0 Å². The SMILES string of the molecule is CCOC(=O)c1ccc(N2C(=O)[C@H]3[C@H](c4ccc(C(C)(C)C)cc4)c4sc(=O)n(CC(=O)Nc5ccccc5)c4S[C@H]3C2=O)cc1. The molecule has 11 heteroatoms. The van der Waals surface area contributed by atoms with Crippen molar-refractivity contribution in [1.29, 1.82) is 0 Å². The highest BCUT2D eigenvalue weighted by Crippen LogP contribution is 2.54. The molecule has 0 bridgehead atoms. The molecule has 0 spiro atoms. The minimum absolute atomic E-state index is 0.0967. The van der Waals surface area contributed by atoms with E-state index in [1.54, 1.807) is 43.3 Å². The Kier molecular flexibility index (Phi) is 8.47. The van der Waals surface area contributed by atoms with Crippen LogP contribution in [0, 0.1) is 5.92 Å². The Bertz CT molecular complexity index is 1870. The van der Waals surface area contributed by atoms with Gasteiger partial charge in [-0.3, -0.25) is 23.7 Å². The van der Waals surface area contributed by atoms with Crippen LogP contribution < -0.4 is 15.1 Å². The summed E-state index contributed by atoms with van der Waals surface area (Å²) in [4.78, 5) is 68.5. The topological polar surface area (TPSA) is 115 Å². The highest BCUT2D eigenvalue weighted by molar-refractivity contribution is 8.00. The van der Waals surface area contributed by atoms with Crippen LogP contribution >= 0.6 is 23.1 Å². The number of amides is 3. The predicted octanol–water partition coefficient (Wildman–Crippen LogP) is 5.82. The van der Waals surface area contributed by atoms with Gasteiger partial charge in [0.25, 0.3) is 0 Å². The Labute approximate surface area is 274 Å². The van der Waals surface area contributed by atoms with Crippen LogP contribution in [0.5, 0.6) is 0 Å². The fraction of sp³-hybridized carbons (Fsp3) is 0.286. The van der Waals surface area contributed by atoms with Crippen molar-refractivity contribution in [1.82, 2.24) is 4.57 Å². The van der Waals surface area contributed by atoms with E-state index in [-0.39, 0.29) is 35.3 Å². The van der Waals surface area contributed by atoms with Crippen LogP contribution in [-0.4, -0.2) is 40.1 Å². The second-order valence-corrected chi connectivity index (χ2v) is 14.4. The molecule has 1 N–H and O–H groups in total. The second kappa shape index (κ2) is 12.4. The molecule has 3 aromatic carbocycles. The molecular formula is C35H33N3O6S2. The van der Waals surface area contributed by atoms with Crippen LogP contribution in [0.25, 0.3) is 0 Å². The first-order chi connectivity index (χ1) is 22.0. The monoisotopic (exact) mass is 655 g/mol. The van der Waals surface area contributed by atoms with Crippen LogP contribution in [0.1, 0.15) is 60.0 Å². The Morgan fingerprint density at radius 3 is 2.20 bits per heavy atom. The molecule has 0 saturated carbocycles. The van der Waals surface area contributed by atoms with Crippen LogP contribution in [-0.2, 0) is 31.1 Å². The van der Waals surface area contributed by atoms with Gasteiger partial charge in [-0.15, -0.1) is 0 Å². The van der Waals surface area contributed by atoms with Crippen LogP contribution in [0.15, 0.2) is 88.7 Å². The lowest BCUT2D eigenvalue weighted by Gasteiger charge is -2.31. The van der Waals surface area contributed by atoms with Gasteiger partial charge in [0.2, 0.25) is 17.7 Å². The summed E-state index contributed by atoms with van der Waals surface area (Å²) in [6.45, 7) is 8.05. The number of nitrogens with zero attached hydrogens (tertiary/aromatic N) is 2. The molecule has 6 rings (SSSR count). The Balaban J connectivity index is 1.39. The van der Waals surface area contributed by atoms with Crippen molar-refractivity contribution >= 4 is 58.2 Å². The van der Waals surface area contributed by atoms with Crippen molar-refractivity contribution < 1.29 is 23.9 Å². The van der Waals surface area contributed by atoms with Gasteiger partial charge in [0.1, 0.15) is 11.8 Å². The Hall–Kier alpha value is -4.48. The van der Waals surface area contributed by atoms with Crippen molar-refractivity contribution in [3.63, 3.8) is 0 Å². The molecule has 3 atom stereocenters. The zero-order chi connectivity index (χ0) is 32.7. The number of thioether (sulfide) groups is 1. The lowest BCUT2D eigenvalue weighted by atomic mass is 9.81. The van der Waals surface area contributed by atoms with E-state index >= 15 is 0 Å². The lowest BCUT2D eigenvalue weighted by Crippen LogP contribution is -2.33. The number of para-hydroxylation sites is 1. The van der Waals surface area contributed by atoms with Crippen LogP contribution in [0.2, 0.25) is 0 Å². The first-order valence-corrected chi connectivity index (χ1v) is 16.7. The first kappa shape index (κ1) is 31.5. The molecule has 0 aliphatic carbocycles. The number of ether oxygens (including phenoxy) is 1. The van der Waals surface area contributed by atoms with Gasteiger partial charge in [-0.2, -0.15) is 0 Å². The molecule has 3 heterocycles. The lowest BCUT2D eigenvalue weighted by molar-refractivity contribution is -0.122. The number of hydrogen-bond acceptors (Lipinski definition) is 8. The molecule has 4 aromatic rings. The highest BCUT2D eigenvalue weighted by Gasteiger charge is 2.56. The molecule has 46 heavy (non-hydrogen) atoms. The molecule has 236 valence electrons. The molecule has 0 radical (unpaired) electrons. The van der Waals surface area contributed by atoms with Crippen molar-refractivity contribution in [2.24, 2.45) is 5.92 Å². The minimum Gasteiger partial charge on any atom is -0.462 e. The maximum atomic E-state index is 14.2. The zero-order valence-electron chi connectivity index (χ0n) is 25.8. The smallest absolute Gasteiger partial charge is 0.338 e. The fourth-order valence-electron chi connectivity index (χ4n) is 5.89. The number of nitrogens with one attached hydrogen (secondary N) is 1. The summed E-state index contributed by atoms with van der Waals surface area (Å²) in [5, 5.41) is 2.52. The maximum absolute atomic E-state index is 14.2. The predicted molar refractivity (Wildman–Crippen MR) is 179 cm³/mol. The summed E-state index contributed by atoms with van der Waals surface area (Å²) in [6, 6.07) is 23.1. The summed E-state index contributed by atoms with van der Waals surface area (Å²) in [5.74, 6) is -3.01. The van der Waals surface area contributed by atoms with E-state index in [1.807, 2.05) is 30.3 Å². The van der Waals surface area contributed by atoms with Gasteiger partial charge in [0, 0.05) is 16.5 Å². The van der Waals surface area contributed by atoms with E-state index in [2.05, 4.69) is 26.1 Å². The minimum atomic E-state index is -0.825. The molecule has 1 fully saturated rings. The molecule has 1 aromatic heterocycles. The van der Waals surface area contributed by atoms with E-state index in [4.69, 9.17) is 4.74 Å². The van der Waals surface area contributed by atoms with Crippen LogP contribution in [0.4, 0.5) is 11.4 Å². The largest absolute Gasteiger partial charge is 0.462 e. The number of fused-ring (bicyclic) bond motifs is 2. The van der Waals surface area contributed by atoms with Crippen molar-refractivity contribution in [2.45, 2.75) is 55.8 Å². The Morgan fingerprint density at radius 2 is 1.57 bits per heavy atom. The number of carbonyl (C=O) groups is 4. The summed E-state index contributed by atoms with van der Waals surface area (Å²) in [7, 11) is 0. The average molecular weight is 656 g/mol. The van der Waals surface area contributed by atoms with Gasteiger partial charge >= 0.3 is 10.8 Å². The van der Waals surface area contributed by atoms with E-state index in [9.17, 15) is 24.0 Å².